The molecule has 8 heteroatoms. The van der Waals surface area contributed by atoms with E-state index >= 15 is 0 Å². The molecule has 98 valence electrons. The number of ether oxygens (including phenoxy) is 1. The predicted molar refractivity (Wildman–Crippen MR) is 67.6 cm³/mol. The van der Waals surface area contributed by atoms with E-state index in [1.165, 1.54) is 13.3 Å². The average molecular weight is 273 g/mol. The predicted octanol–water partition coefficient (Wildman–Crippen LogP) is 1.38. The van der Waals surface area contributed by atoms with Crippen molar-refractivity contribution >= 4 is 24.0 Å². The Kier molecular flexibility index (Phi) is 5.92. The lowest BCUT2D eigenvalue weighted by atomic mass is 10.2. The second-order valence-corrected chi connectivity index (χ2v) is 3.18. The van der Waals surface area contributed by atoms with Crippen LogP contribution in [0.25, 0.3) is 0 Å². The summed E-state index contributed by atoms with van der Waals surface area (Å²) in [5.74, 6) is 0.591. The van der Waals surface area contributed by atoms with Crippen molar-refractivity contribution in [2.24, 2.45) is 9.61 Å². The van der Waals surface area contributed by atoms with Crippen LogP contribution in [0.15, 0.2) is 33.9 Å². The van der Waals surface area contributed by atoms with E-state index in [9.17, 15) is 0 Å². The van der Waals surface area contributed by atoms with Gasteiger partial charge in [0, 0.05) is 11.8 Å². The molecule has 0 aliphatic rings. The minimum atomic E-state index is -0.163. The van der Waals surface area contributed by atoms with Crippen molar-refractivity contribution in [3.8, 4) is 5.75 Å². The van der Waals surface area contributed by atoms with Crippen molar-refractivity contribution < 1.29 is 14.8 Å². The highest BCUT2D eigenvalue weighted by atomic mass is 35.5. The van der Waals surface area contributed by atoms with Crippen LogP contribution >= 0.6 is 11.8 Å². The fourth-order valence-corrected chi connectivity index (χ4v) is 1.14. The largest absolute Gasteiger partial charge is 0.497 e. The first-order valence-electron chi connectivity index (χ1n) is 4.86. The van der Waals surface area contributed by atoms with Gasteiger partial charge in [0.15, 0.2) is 0 Å². The Morgan fingerprint density at radius 3 is 2.56 bits per heavy atom. The molecule has 0 unspecified atom stereocenters. The molecule has 0 heterocycles. The molecule has 7 nitrogen and oxygen atoms in total. The maximum Gasteiger partial charge on any atom is 0.283 e. The number of hydroxylamine groups is 2. The Balaban J connectivity index is 2.58. The highest BCUT2D eigenvalue weighted by Gasteiger charge is 2.05. The number of hydrogen-bond donors (Lipinski definition) is 2. The van der Waals surface area contributed by atoms with E-state index in [0.717, 1.165) is 11.3 Å². The summed E-state index contributed by atoms with van der Waals surface area (Å²) in [6.45, 7) is 0. The molecule has 0 aliphatic carbocycles. The summed E-state index contributed by atoms with van der Waals surface area (Å²) < 4.78 is 8.23. The number of hydrazone groups is 1. The second-order valence-electron chi connectivity index (χ2n) is 3.01. The smallest absolute Gasteiger partial charge is 0.283 e. The van der Waals surface area contributed by atoms with Gasteiger partial charge in [-0.1, -0.05) is 5.23 Å². The van der Waals surface area contributed by atoms with Crippen molar-refractivity contribution in [2.45, 2.75) is 0 Å². The normalized spacial score (nSPS) is 11.7. The van der Waals surface area contributed by atoms with Crippen molar-refractivity contribution in [1.82, 2.24) is 10.7 Å². The van der Waals surface area contributed by atoms with Crippen LogP contribution < -0.4 is 10.2 Å². The summed E-state index contributed by atoms with van der Waals surface area (Å²) in [7, 11) is 2.84. The van der Waals surface area contributed by atoms with Crippen molar-refractivity contribution in [3.63, 3.8) is 0 Å². The number of methoxy groups -OCH3 is 1. The zero-order valence-corrected chi connectivity index (χ0v) is 10.6. The van der Waals surface area contributed by atoms with Crippen LogP contribution in [0.4, 0.5) is 0 Å². The number of hydrogen-bond acceptors (Lipinski definition) is 5. The quantitative estimate of drug-likeness (QED) is 0.492. The fourth-order valence-electron chi connectivity index (χ4n) is 1.03. The molecule has 0 atom stereocenters. The summed E-state index contributed by atoms with van der Waals surface area (Å²) >= 11 is 5.22. The SMILES string of the molecule is COc1ccc(C=NNC(=NCl)N(O)OC)cc1. The van der Waals surface area contributed by atoms with Gasteiger partial charge in [0.2, 0.25) is 0 Å². The van der Waals surface area contributed by atoms with Gasteiger partial charge >= 0.3 is 0 Å². The van der Waals surface area contributed by atoms with Crippen LogP contribution in [0.5, 0.6) is 5.75 Å². The Morgan fingerprint density at radius 2 is 2.06 bits per heavy atom. The van der Waals surface area contributed by atoms with E-state index in [-0.39, 0.29) is 5.96 Å². The number of benzene rings is 1. The molecule has 2 N–H and O–H groups in total. The third-order valence-corrected chi connectivity index (χ3v) is 2.09. The molecular formula is C10H13ClN4O3. The summed E-state index contributed by atoms with van der Waals surface area (Å²) in [6.07, 6.45) is 1.52. The standard InChI is InChI=1S/C10H13ClN4O3/c1-17-9-5-3-8(4-6-9)7-12-14-10(13-11)15(16)18-2/h3-7,16H,1-2H3,(H,13,14). The minimum absolute atomic E-state index is 0.163. The molecule has 0 aliphatic heterocycles. The summed E-state index contributed by atoms with van der Waals surface area (Å²) in [4.78, 5) is 4.46. The Labute approximate surface area is 109 Å². The highest BCUT2D eigenvalue weighted by Crippen LogP contribution is 2.09. The van der Waals surface area contributed by atoms with Gasteiger partial charge in [-0.15, -0.1) is 4.51 Å². The first-order chi connectivity index (χ1) is 8.71. The molecule has 1 aromatic carbocycles. The Morgan fingerprint density at radius 1 is 1.39 bits per heavy atom. The van der Waals surface area contributed by atoms with Crippen LogP contribution in [0, 0.1) is 0 Å². The van der Waals surface area contributed by atoms with Crippen molar-refractivity contribution in [2.75, 3.05) is 14.2 Å². The van der Waals surface area contributed by atoms with Crippen molar-refractivity contribution in [1.29, 1.82) is 0 Å². The topological polar surface area (TPSA) is 78.7 Å². The molecule has 0 bridgehead atoms. The summed E-state index contributed by atoms with van der Waals surface area (Å²) in [6, 6.07) is 7.22. The lowest BCUT2D eigenvalue weighted by molar-refractivity contribution is -0.269. The van der Waals surface area contributed by atoms with E-state index in [0.29, 0.717) is 5.23 Å². The van der Waals surface area contributed by atoms with Gasteiger partial charge in [-0.2, -0.15) is 5.10 Å². The molecular weight excluding hydrogens is 260 g/mol. The molecule has 18 heavy (non-hydrogen) atoms. The number of guanidine groups is 1. The molecule has 1 aromatic rings. The zero-order valence-electron chi connectivity index (χ0n) is 9.87. The Hall–Kier alpha value is -1.83. The van der Waals surface area contributed by atoms with E-state index in [1.807, 2.05) is 12.1 Å². The zero-order chi connectivity index (χ0) is 13.4. The molecule has 0 radical (unpaired) electrons. The van der Waals surface area contributed by atoms with E-state index in [1.54, 1.807) is 19.2 Å². The maximum absolute atomic E-state index is 9.13. The first kappa shape index (κ1) is 14.2. The fraction of sp³-hybridized carbons (Fsp3) is 0.200. The van der Waals surface area contributed by atoms with Crippen LogP contribution in [0.2, 0.25) is 0 Å². The van der Waals surface area contributed by atoms with Gasteiger partial charge in [-0.25, -0.2) is 10.3 Å². The number of rotatable bonds is 4. The van der Waals surface area contributed by atoms with Crippen molar-refractivity contribution in [3.05, 3.63) is 29.8 Å². The first-order valence-corrected chi connectivity index (χ1v) is 5.20. The van der Waals surface area contributed by atoms with E-state index in [2.05, 4.69) is 19.9 Å². The van der Waals surface area contributed by atoms with Gasteiger partial charge in [0.05, 0.1) is 20.4 Å². The van der Waals surface area contributed by atoms with Gasteiger partial charge in [0.25, 0.3) is 5.96 Å². The minimum Gasteiger partial charge on any atom is -0.497 e. The molecule has 0 fully saturated rings. The average Bonchev–Trinajstić information content (AvgIpc) is 2.43. The summed E-state index contributed by atoms with van der Waals surface area (Å²) in [5, 5.41) is 13.3. The third kappa shape index (κ3) is 4.21. The molecule has 1 rings (SSSR count). The van der Waals surface area contributed by atoms with Crippen LogP contribution in [-0.2, 0) is 4.84 Å². The third-order valence-electron chi connectivity index (χ3n) is 1.93. The number of halogens is 1. The molecule has 0 saturated carbocycles. The van der Waals surface area contributed by atoms with Gasteiger partial charge in [0.1, 0.15) is 5.75 Å². The lowest BCUT2D eigenvalue weighted by Gasteiger charge is -2.12. The molecule has 0 amide bonds. The van der Waals surface area contributed by atoms with E-state index < -0.39 is 0 Å². The second kappa shape index (κ2) is 7.49. The lowest BCUT2D eigenvalue weighted by Crippen LogP contribution is -2.35. The molecule has 0 saturated heterocycles. The number of nitrogens with one attached hydrogen (secondary N) is 1. The Bertz CT molecular complexity index is 422. The monoisotopic (exact) mass is 272 g/mol. The number of nitrogens with zero attached hydrogens (tertiary/aromatic N) is 3. The highest BCUT2D eigenvalue weighted by molar-refractivity contribution is 6.19. The van der Waals surface area contributed by atoms with Gasteiger partial charge in [-0.3, -0.25) is 5.21 Å². The van der Waals surface area contributed by atoms with Crippen LogP contribution in [-0.4, -0.2) is 36.8 Å². The van der Waals surface area contributed by atoms with Crippen LogP contribution in [0.1, 0.15) is 5.56 Å². The van der Waals surface area contributed by atoms with Gasteiger partial charge < -0.3 is 4.74 Å². The maximum atomic E-state index is 9.13. The van der Waals surface area contributed by atoms with Gasteiger partial charge in [-0.05, 0) is 29.8 Å². The van der Waals surface area contributed by atoms with Crippen LogP contribution in [0.3, 0.4) is 0 Å². The summed E-state index contributed by atoms with van der Waals surface area (Å²) in [5.41, 5.74) is 3.24. The van der Waals surface area contributed by atoms with E-state index in [4.69, 9.17) is 21.7 Å². The molecule has 0 aromatic heterocycles. The molecule has 0 spiro atoms.